The second kappa shape index (κ2) is 11.4. The fraction of sp³-hybridized carbons (Fsp3) is 0.321. The predicted octanol–water partition coefficient (Wildman–Crippen LogP) is 3.85. The molecule has 214 valence electrons. The van der Waals surface area contributed by atoms with Crippen LogP contribution >= 0.6 is 0 Å². The zero-order valence-electron chi connectivity index (χ0n) is 22.3. The molecule has 1 aromatic carbocycles. The van der Waals surface area contributed by atoms with Crippen molar-refractivity contribution in [3.63, 3.8) is 0 Å². The van der Waals surface area contributed by atoms with Gasteiger partial charge in [0.25, 0.3) is 11.7 Å². The Hall–Kier alpha value is -4.20. The molecule has 3 aliphatic rings. The van der Waals surface area contributed by atoms with Crippen molar-refractivity contribution >= 4 is 29.7 Å². The number of anilines is 1. The van der Waals surface area contributed by atoms with Crippen LogP contribution in [-0.2, 0) is 15.7 Å². The lowest BCUT2D eigenvalue weighted by molar-refractivity contribution is -0.750. The second-order valence-electron chi connectivity index (χ2n) is 9.83. The molecule has 41 heavy (non-hydrogen) atoms. The van der Waals surface area contributed by atoms with Gasteiger partial charge in [0.1, 0.15) is 24.3 Å². The first-order valence-corrected chi connectivity index (χ1v) is 13.1. The molecule has 4 heterocycles. The largest absolute Gasteiger partial charge is 0.416 e. The van der Waals surface area contributed by atoms with E-state index < -0.39 is 17.6 Å². The van der Waals surface area contributed by atoms with Gasteiger partial charge in [-0.2, -0.15) is 24.0 Å². The SMILES string of the molecule is CCOCC(=O)N1CCC[C@@H](C2=C3C=NC=C[N+]3(N)C(c3ccc(C(=O)Nc4cc(C(F)(F)F)ccn4)cc3)=N2)C1. The molecule has 1 unspecified atom stereocenters. The lowest BCUT2D eigenvalue weighted by Crippen LogP contribution is -2.53. The highest BCUT2D eigenvalue weighted by molar-refractivity contribution is 6.05. The molecule has 0 aliphatic carbocycles. The molecular formula is C28H29F3N7O3+. The quantitative estimate of drug-likeness (QED) is 0.388. The number of quaternary nitrogens is 1. The molecule has 0 spiro atoms. The van der Waals surface area contributed by atoms with Crippen LogP contribution in [0.4, 0.5) is 19.0 Å². The maximum absolute atomic E-state index is 13.0. The maximum atomic E-state index is 13.0. The normalized spacial score (nSPS) is 22.0. The maximum Gasteiger partial charge on any atom is 0.416 e. The van der Waals surface area contributed by atoms with Crippen LogP contribution in [0, 0.1) is 5.92 Å². The van der Waals surface area contributed by atoms with E-state index in [0.717, 1.165) is 36.9 Å². The molecule has 0 radical (unpaired) electrons. The lowest BCUT2D eigenvalue weighted by atomic mass is 9.93. The van der Waals surface area contributed by atoms with E-state index in [4.69, 9.17) is 15.6 Å². The number of carbonyl (C=O) groups excluding carboxylic acids is 2. The number of hydrogen-bond acceptors (Lipinski definition) is 7. The molecule has 1 aromatic heterocycles. The number of amides is 2. The Morgan fingerprint density at radius 3 is 2.73 bits per heavy atom. The summed E-state index contributed by atoms with van der Waals surface area (Å²) in [4.78, 5) is 40.2. The number of rotatable bonds is 7. The smallest absolute Gasteiger partial charge is 0.372 e. The number of carbonyl (C=O) groups is 2. The number of ether oxygens (including phenoxy) is 1. The molecule has 2 atom stereocenters. The minimum atomic E-state index is -4.55. The number of amidine groups is 1. The molecule has 13 heteroatoms. The number of pyridine rings is 1. The summed E-state index contributed by atoms with van der Waals surface area (Å²) >= 11 is 0. The van der Waals surface area contributed by atoms with Crippen LogP contribution in [0.15, 0.2) is 76.4 Å². The van der Waals surface area contributed by atoms with Gasteiger partial charge in [-0.1, -0.05) is 0 Å². The average molecular weight is 569 g/mol. The number of aromatic nitrogens is 1. The third kappa shape index (κ3) is 5.82. The van der Waals surface area contributed by atoms with Crippen molar-refractivity contribution in [2.45, 2.75) is 25.9 Å². The number of likely N-dealkylation sites (tertiary alicyclic amines) is 1. The highest BCUT2D eigenvalue weighted by Gasteiger charge is 2.46. The second-order valence-corrected chi connectivity index (χ2v) is 9.83. The van der Waals surface area contributed by atoms with E-state index in [1.54, 1.807) is 47.8 Å². The third-order valence-corrected chi connectivity index (χ3v) is 7.15. The summed E-state index contributed by atoms with van der Waals surface area (Å²) in [5, 5.41) is 2.40. The molecular weight excluding hydrogens is 539 g/mol. The summed E-state index contributed by atoms with van der Waals surface area (Å²) in [7, 11) is 0. The van der Waals surface area contributed by atoms with Crippen molar-refractivity contribution in [2.24, 2.45) is 21.7 Å². The molecule has 0 saturated carbocycles. The van der Waals surface area contributed by atoms with E-state index in [9.17, 15) is 22.8 Å². The summed E-state index contributed by atoms with van der Waals surface area (Å²) in [6.07, 6.45) is 3.05. The van der Waals surface area contributed by atoms with E-state index in [0.29, 0.717) is 36.8 Å². The van der Waals surface area contributed by atoms with Gasteiger partial charge in [-0.15, -0.1) is 4.59 Å². The number of nitrogens with two attached hydrogens (primary N) is 1. The van der Waals surface area contributed by atoms with Crippen molar-refractivity contribution in [1.29, 1.82) is 0 Å². The minimum absolute atomic E-state index is 0.0362. The van der Waals surface area contributed by atoms with Crippen molar-refractivity contribution in [3.8, 4) is 0 Å². The highest BCUT2D eigenvalue weighted by atomic mass is 19.4. The van der Waals surface area contributed by atoms with Crippen LogP contribution in [-0.4, -0.2) is 64.6 Å². The number of hydrogen-bond donors (Lipinski definition) is 2. The van der Waals surface area contributed by atoms with E-state index >= 15 is 0 Å². The highest BCUT2D eigenvalue weighted by Crippen LogP contribution is 2.37. The van der Waals surface area contributed by atoms with Crippen molar-refractivity contribution < 1.29 is 32.1 Å². The summed E-state index contributed by atoms with van der Waals surface area (Å²) in [6, 6.07) is 8.05. The number of benzene rings is 1. The Labute approximate surface area is 234 Å². The van der Waals surface area contributed by atoms with Gasteiger partial charge in [0, 0.05) is 37.4 Å². The van der Waals surface area contributed by atoms with Gasteiger partial charge in [-0.25, -0.2) is 4.98 Å². The van der Waals surface area contributed by atoms with Crippen LogP contribution < -0.4 is 11.2 Å². The number of aliphatic imine (C=N–C) groups is 2. The molecule has 3 aliphatic heterocycles. The van der Waals surface area contributed by atoms with Gasteiger partial charge >= 0.3 is 6.18 Å². The molecule has 2 amide bonds. The summed E-state index contributed by atoms with van der Waals surface area (Å²) < 4.78 is 44.1. The topological polar surface area (TPSA) is 122 Å². The van der Waals surface area contributed by atoms with Crippen molar-refractivity contribution in [1.82, 2.24) is 9.88 Å². The first-order valence-electron chi connectivity index (χ1n) is 13.1. The van der Waals surface area contributed by atoms with Crippen LogP contribution in [0.5, 0.6) is 0 Å². The van der Waals surface area contributed by atoms with Crippen molar-refractivity contribution in [3.05, 3.63) is 83.1 Å². The fourth-order valence-electron chi connectivity index (χ4n) is 5.05. The third-order valence-electron chi connectivity index (χ3n) is 7.15. The molecule has 1 fully saturated rings. The Balaban J connectivity index is 1.36. The number of allylic oxidation sites excluding steroid dienone is 1. The van der Waals surface area contributed by atoms with Crippen LogP contribution in [0.1, 0.15) is 41.3 Å². The standard InChI is InChI=1S/C28H28F3N7O3/c1-2-41-17-24(39)37-12-3-4-20(16-37)25-22-15-33-11-13-38(22,32)26(36-25)18-5-7-19(8-6-18)27(40)35-23-14-21(9-10-34-23)28(29,30)31/h5-11,13-15,20H,2-4,12,16-17,32H2,1H3/p+1/t20-,38?/m1/s1. The summed E-state index contributed by atoms with van der Waals surface area (Å²) in [6.45, 7) is 3.48. The fourth-order valence-corrected chi connectivity index (χ4v) is 5.05. The van der Waals surface area contributed by atoms with Gasteiger partial charge in [0.2, 0.25) is 11.6 Å². The number of nitrogens with one attached hydrogen (secondary N) is 1. The summed E-state index contributed by atoms with van der Waals surface area (Å²) in [5.74, 6) is 6.41. The zero-order valence-corrected chi connectivity index (χ0v) is 22.3. The number of piperidine rings is 1. The predicted molar refractivity (Wildman–Crippen MR) is 145 cm³/mol. The first kappa shape index (κ1) is 28.3. The summed E-state index contributed by atoms with van der Waals surface area (Å²) in [5.41, 5.74) is 1.40. The molecule has 2 aromatic rings. The van der Waals surface area contributed by atoms with Gasteiger partial charge in [0.15, 0.2) is 0 Å². The van der Waals surface area contributed by atoms with E-state index in [-0.39, 0.29) is 34.4 Å². The average Bonchev–Trinajstić information content (AvgIpc) is 3.28. The minimum Gasteiger partial charge on any atom is -0.372 e. The van der Waals surface area contributed by atoms with Crippen LogP contribution in [0.25, 0.3) is 0 Å². The number of nitrogens with zero attached hydrogens (tertiary/aromatic N) is 5. The number of fused-ring (bicyclic) bond motifs is 1. The van der Waals surface area contributed by atoms with E-state index in [1.807, 2.05) is 6.92 Å². The monoisotopic (exact) mass is 568 g/mol. The van der Waals surface area contributed by atoms with Crippen molar-refractivity contribution in [2.75, 3.05) is 31.6 Å². The van der Waals surface area contributed by atoms with Gasteiger partial charge in [-0.05, 0) is 56.2 Å². The Bertz CT molecular complexity index is 1470. The lowest BCUT2D eigenvalue weighted by Gasteiger charge is -2.32. The molecule has 10 nitrogen and oxygen atoms in total. The van der Waals surface area contributed by atoms with Crippen LogP contribution in [0.3, 0.4) is 0 Å². The molecule has 3 N–H and O–H groups in total. The first-order chi connectivity index (χ1) is 19.6. The Kier molecular flexibility index (Phi) is 7.84. The van der Waals surface area contributed by atoms with Crippen LogP contribution in [0.2, 0.25) is 0 Å². The Morgan fingerprint density at radius 2 is 2.00 bits per heavy atom. The number of alkyl halides is 3. The molecule has 1 saturated heterocycles. The van der Waals surface area contributed by atoms with Gasteiger partial charge in [0.05, 0.1) is 23.5 Å². The zero-order chi connectivity index (χ0) is 29.2. The molecule has 0 bridgehead atoms. The van der Waals surface area contributed by atoms with E-state index in [2.05, 4.69) is 15.3 Å². The van der Waals surface area contributed by atoms with Gasteiger partial charge in [-0.3, -0.25) is 14.6 Å². The Morgan fingerprint density at radius 1 is 1.22 bits per heavy atom. The van der Waals surface area contributed by atoms with Gasteiger partial charge < -0.3 is 15.0 Å². The van der Waals surface area contributed by atoms with E-state index in [1.165, 1.54) is 0 Å². The molecule has 5 rings (SSSR count). The number of halogens is 3.